The molecule has 0 unspecified atom stereocenters. The number of aromatic nitrogens is 2. The smallest absolute Gasteiger partial charge is 0.432 e. The minimum atomic E-state index is -4.57. The predicted molar refractivity (Wildman–Crippen MR) is 120 cm³/mol. The van der Waals surface area contributed by atoms with Gasteiger partial charge in [0.1, 0.15) is 23.9 Å². The molecule has 0 spiro atoms. The molecule has 0 aliphatic heterocycles. The van der Waals surface area contributed by atoms with Gasteiger partial charge in [0.25, 0.3) is 0 Å². The number of anilines is 1. The van der Waals surface area contributed by atoms with Gasteiger partial charge >= 0.3 is 12.1 Å². The zero-order valence-corrected chi connectivity index (χ0v) is 18.3. The summed E-state index contributed by atoms with van der Waals surface area (Å²) in [5.41, 5.74) is 1.14. The van der Waals surface area contributed by atoms with Crippen molar-refractivity contribution in [3.8, 4) is 29.0 Å². The normalized spacial score (nSPS) is 10.7. The molecule has 10 heteroatoms. The maximum absolute atomic E-state index is 12.9. The van der Waals surface area contributed by atoms with E-state index < -0.39 is 17.8 Å². The van der Waals surface area contributed by atoms with E-state index in [1.807, 2.05) is 25.1 Å². The number of H-pyrrole nitrogens is 1. The molecule has 0 saturated heterocycles. The molecule has 176 valence electrons. The van der Waals surface area contributed by atoms with Crippen molar-refractivity contribution in [1.82, 2.24) is 15.3 Å². The summed E-state index contributed by atoms with van der Waals surface area (Å²) in [5.74, 6) is 4.60. The molecular formula is C24H21F3N4O3. The van der Waals surface area contributed by atoms with Crippen LogP contribution in [-0.2, 0) is 15.8 Å². The number of rotatable bonds is 6. The van der Waals surface area contributed by atoms with Crippen LogP contribution in [0.5, 0.6) is 5.75 Å². The summed E-state index contributed by atoms with van der Waals surface area (Å²) in [6, 6.07) is 11.7. The van der Waals surface area contributed by atoms with E-state index in [0.717, 1.165) is 5.56 Å². The summed E-state index contributed by atoms with van der Waals surface area (Å²) < 4.78 is 44.4. The highest BCUT2D eigenvalue weighted by Crippen LogP contribution is 2.32. The van der Waals surface area contributed by atoms with E-state index in [-0.39, 0.29) is 36.3 Å². The number of aromatic amines is 1. The van der Waals surface area contributed by atoms with E-state index in [4.69, 9.17) is 4.74 Å². The molecule has 0 bridgehead atoms. The van der Waals surface area contributed by atoms with Crippen LogP contribution in [0.2, 0.25) is 0 Å². The lowest BCUT2D eigenvalue weighted by Gasteiger charge is -2.13. The Balaban J connectivity index is 1.84. The van der Waals surface area contributed by atoms with Crippen molar-refractivity contribution in [2.24, 2.45) is 0 Å². The van der Waals surface area contributed by atoms with Crippen LogP contribution in [0.15, 0.2) is 48.7 Å². The van der Waals surface area contributed by atoms with Gasteiger partial charge in [0.15, 0.2) is 0 Å². The van der Waals surface area contributed by atoms with Gasteiger partial charge in [0, 0.05) is 24.0 Å². The third-order valence-electron chi connectivity index (χ3n) is 4.45. The molecule has 1 aromatic heterocycles. The quantitative estimate of drug-likeness (QED) is 0.376. The Hall–Kier alpha value is -4.26. The van der Waals surface area contributed by atoms with Crippen LogP contribution >= 0.6 is 0 Å². The first-order valence-corrected chi connectivity index (χ1v) is 10.2. The van der Waals surface area contributed by atoms with Gasteiger partial charge in [0.05, 0.1) is 18.4 Å². The topological polar surface area (TPSA) is 96.1 Å². The number of aryl methyl sites for hydroxylation is 1. The summed E-state index contributed by atoms with van der Waals surface area (Å²) in [4.78, 5) is 29.5. The van der Waals surface area contributed by atoms with Gasteiger partial charge in [-0.1, -0.05) is 18.1 Å². The number of alkyl halides is 3. The Morgan fingerprint density at radius 1 is 1.18 bits per heavy atom. The van der Waals surface area contributed by atoms with E-state index in [0.29, 0.717) is 17.3 Å². The van der Waals surface area contributed by atoms with Crippen LogP contribution in [0.4, 0.5) is 18.9 Å². The van der Waals surface area contributed by atoms with Crippen LogP contribution in [-0.4, -0.2) is 34.9 Å². The highest BCUT2D eigenvalue weighted by Gasteiger charge is 2.33. The first kappa shape index (κ1) is 24.4. The molecule has 2 amide bonds. The van der Waals surface area contributed by atoms with E-state index in [2.05, 4.69) is 32.4 Å². The standard InChI is InChI=1S/C24H21F3N4O3/c1-15-4-3-5-17(12-15)6-9-22(33)30-19-13-18(23-29-14-21(31-23)24(25,26)27)7-8-20(19)34-11-10-28-16(2)32/h3-5,7-8,12-14H,10-11H2,1-2H3,(H,28,32)(H,29,31)(H,30,33). The monoisotopic (exact) mass is 470 g/mol. The number of hydrogen-bond donors (Lipinski definition) is 3. The average Bonchev–Trinajstić information content (AvgIpc) is 3.27. The Morgan fingerprint density at radius 3 is 2.65 bits per heavy atom. The zero-order chi connectivity index (χ0) is 24.7. The third-order valence-corrected chi connectivity index (χ3v) is 4.45. The molecule has 0 aliphatic carbocycles. The lowest BCUT2D eigenvalue weighted by Crippen LogP contribution is -2.25. The molecule has 3 N–H and O–H groups in total. The number of halogens is 3. The van der Waals surface area contributed by atoms with E-state index >= 15 is 0 Å². The Kier molecular flexibility index (Phi) is 7.58. The maximum atomic E-state index is 12.9. The predicted octanol–water partition coefficient (Wildman–Crippen LogP) is 3.91. The molecule has 2 aromatic carbocycles. The van der Waals surface area contributed by atoms with Crippen molar-refractivity contribution in [1.29, 1.82) is 0 Å². The van der Waals surface area contributed by atoms with Gasteiger partial charge < -0.3 is 20.4 Å². The number of amides is 2. The second kappa shape index (κ2) is 10.6. The van der Waals surface area contributed by atoms with Crippen molar-refractivity contribution in [3.05, 3.63) is 65.5 Å². The van der Waals surface area contributed by atoms with E-state index in [9.17, 15) is 22.8 Å². The highest BCUT2D eigenvalue weighted by molar-refractivity contribution is 6.05. The lowest BCUT2D eigenvalue weighted by atomic mass is 10.1. The summed E-state index contributed by atoms with van der Waals surface area (Å²) >= 11 is 0. The van der Waals surface area contributed by atoms with Crippen LogP contribution in [0.3, 0.4) is 0 Å². The molecule has 7 nitrogen and oxygen atoms in total. The minimum absolute atomic E-state index is 0.0292. The van der Waals surface area contributed by atoms with Gasteiger partial charge in [-0.2, -0.15) is 13.2 Å². The summed E-state index contributed by atoms with van der Waals surface area (Å²) in [5, 5.41) is 5.18. The van der Waals surface area contributed by atoms with Crippen molar-refractivity contribution in [2.45, 2.75) is 20.0 Å². The number of carbonyl (C=O) groups excluding carboxylic acids is 2. The Morgan fingerprint density at radius 2 is 1.97 bits per heavy atom. The van der Waals surface area contributed by atoms with Crippen LogP contribution in [0, 0.1) is 18.8 Å². The fourth-order valence-electron chi connectivity index (χ4n) is 2.91. The van der Waals surface area contributed by atoms with E-state index in [1.165, 1.54) is 25.1 Å². The minimum Gasteiger partial charge on any atom is -0.490 e. The van der Waals surface area contributed by atoms with Gasteiger partial charge in [0.2, 0.25) is 5.91 Å². The molecule has 0 saturated carbocycles. The fraction of sp³-hybridized carbons (Fsp3) is 0.208. The number of nitrogens with one attached hydrogen (secondary N) is 3. The third kappa shape index (κ3) is 6.87. The first-order chi connectivity index (χ1) is 16.1. The van der Waals surface area contributed by atoms with E-state index in [1.54, 1.807) is 6.07 Å². The van der Waals surface area contributed by atoms with Crippen LogP contribution in [0.25, 0.3) is 11.4 Å². The maximum Gasteiger partial charge on any atom is 0.432 e. The lowest BCUT2D eigenvalue weighted by molar-refractivity contribution is -0.140. The molecule has 0 aliphatic rings. The fourth-order valence-corrected chi connectivity index (χ4v) is 2.91. The number of carbonyl (C=O) groups is 2. The van der Waals surface area contributed by atoms with Gasteiger partial charge in [-0.25, -0.2) is 4.98 Å². The largest absolute Gasteiger partial charge is 0.490 e. The summed E-state index contributed by atoms with van der Waals surface area (Å²) in [6.45, 7) is 3.60. The molecule has 0 radical (unpaired) electrons. The van der Waals surface area contributed by atoms with Crippen molar-refractivity contribution in [3.63, 3.8) is 0 Å². The van der Waals surface area contributed by atoms with Crippen LogP contribution in [0.1, 0.15) is 23.7 Å². The second-order valence-electron chi connectivity index (χ2n) is 7.26. The molecule has 3 rings (SSSR count). The number of imidazole rings is 1. The zero-order valence-electron chi connectivity index (χ0n) is 18.3. The summed E-state index contributed by atoms with van der Waals surface area (Å²) in [6.07, 6.45) is -3.88. The molecule has 34 heavy (non-hydrogen) atoms. The highest BCUT2D eigenvalue weighted by atomic mass is 19.4. The number of ether oxygens (including phenoxy) is 1. The SMILES string of the molecule is CC(=O)NCCOc1ccc(-c2ncc(C(F)(F)F)[nH]2)cc1NC(=O)C#Cc1cccc(C)c1. The molecule has 3 aromatic rings. The van der Waals surface area contributed by atoms with Crippen LogP contribution < -0.4 is 15.4 Å². The molecular weight excluding hydrogens is 449 g/mol. The first-order valence-electron chi connectivity index (χ1n) is 10.2. The average molecular weight is 470 g/mol. The van der Waals surface area contributed by atoms with Crippen molar-refractivity contribution < 1.29 is 27.5 Å². The number of hydrogen-bond acceptors (Lipinski definition) is 4. The van der Waals surface area contributed by atoms with Crippen molar-refractivity contribution in [2.75, 3.05) is 18.5 Å². The number of nitrogens with zero attached hydrogens (tertiary/aromatic N) is 1. The molecule has 0 atom stereocenters. The Bertz CT molecular complexity index is 1260. The van der Waals surface area contributed by atoms with Gasteiger partial charge in [-0.05, 0) is 42.8 Å². The van der Waals surface area contributed by atoms with Gasteiger partial charge in [-0.3, -0.25) is 9.59 Å². The summed E-state index contributed by atoms with van der Waals surface area (Å²) in [7, 11) is 0. The number of benzene rings is 2. The molecule has 0 fully saturated rings. The van der Waals surface area contributed by atoms with Crippen molar-refractivity contribution >= 4 is 17.5 Å². The molecule has 1 heterocycles. The second-order valence-corrected chi connectivity index (χ2v) is 7.26. The Labute approximate surface area is 193 Å². The van der Waals surface area contributed by atoms with Gasteiger partial charge in [-0.15, -0.1) is 0 Å².